The zero-order valence-electron chi connectivity index (χ0n) is 11.5. The first kappa shape index (κ1) is 15.7. The van der Waals surface area contributed by atoms with Gasteiger partial charge in [-0.1, -0.05) is 24.9 Å². The lowest BCUT2D eigenvalue weighted by molar-refractivity contribution is 0.266. The maximum Gasteiger partial charge on any atom is 0.287 e. The van der Waals surface area contributed by atoms with Crippen LogP contribution >= 0.6 is 23.4 Å². The highest BCUT2D eigenvalue weighted by Crippen LogP contribution is 2.32. The highest BCUT2D eigenvalue weighted by Gasteiger charge is 2.27. The van der Waals surface area contributed by atoms with Crippen LogP contribution in [0, 0.1) is 0 Å². The van der Waals surface area contributed by atoms with Gasteiger partial charge in [0, 0.05) is 11.3 Å². The fourth-order valence-electron chi connectivity index (χ4n) is 2.52. The third-order valence-corrected chi connectivity index (χ3v) is 5.16. The summed E-state index contributed by atoms with van der Waals surface area (Å²) in [6.07, 6.45) is 5.06. The summed E-state index contributed by atoms with van der Waals surface area (Å²) >= 11 is 8.06. The first-order valence-corrected chi connectivity index (χ1v) is 8.34. The van der Waals surface area contributed by atoms with Crippen molar-refractivity contribution in [2.75, 3.05) is 17.7 Å². The molecule has 1 saturated carbocycles. The van der Waals surface area contributed by atoms with Crippen molar-refractivity contribution < 1.29 is 5.11 Å². The van der Waals surface area contributed by atoms with Crippen LogP contribution in [0.15, 0.2) is 11.0 Å². The van der Waals surface area contributed by atoms with Crippen molar-refractivity contribution in [2.45, 2.75) is 44.0 Å². The van der Waals surface area contributed by atoms with E-state index in [0.717, 1.165) is 12.2 Å². The van der Waals surface area contributed by atoms with E-state index in [1.807, 2.05) is 11.8 Å². The second-order valence-electron chi connectivity index (χ2n) is 4.80. The molecule has 2 atom stereocenters. The lowest BCUT2D eigenvalue weighted by Gasteiger charge is -2.21. The van der Waals surface area contributed by atoms with Crippen LogP contribution in [0.3, 0.4) is 0 Å². The molecular weight excluding hydrogens is 298 g/mol. The topological polar surface area (TPSA) is 67.2 Å². The van der Waals surface area contributed by atoms with Gasteiger partial charge < -0.3 is 10.4 Å². The number of aromatic nitrogens is 2. The average molecular weight is 318 g/mol. The average Bonchev–Trinajstić information content (AvgIpc) is 2.86. The number of aliphatic hydroxyl groups is 1. The van der Waals surface area contributed by atoms with Crippen LogP contribution in [0.4, 0.5) is 5.69 Å². The van der Waals surface area contributed by atoms with Crippen LogP contribution in [-0.4, -0.2) is 38.5 Å². The minimum Gasteiger partial charge on any atom is -0.394 e. The molecule has 0 spiro atoms. The monoisotopic (exact) mass is 317 g/mol. The van der Waals surface area contributed by atoms with E-state index in [4.69, 9.17) is 16.7 Å². The first-order chi connectivity index (χ1) is 9.67. The Bertz CT molecular complexity index is 509. The van der Waals surface area contributed by atoms with Crippen LogP contribution in [0.1, 0.15) is 26.2 Å². The molecule has 20 heavy (non-hydrogen) atoms. The van der Waals surface area contributed by atoms with Gasteiger partial charge in [-0.05, 0) is 18.6 Å². The van der Waals surface area contributed by atoms with Gasteiger partial charge in [-0.3, -0.25) is 4.79 Å². The van der Waals surface area contributed by atoms with Crippen LogP contribution in [0.2, 0.25) is 5.02 Å². The summed E-state index contributed by atoms with van der Waals surface area (Å²) in [4.78, 5) is 12.0. The van der Waals surface area contributed by atoms with Crippen LogP contribution < -0.4 is 10.9 Å². The van der Waals surface area contributed by atoms with E-state index in [0.29, 0.717) is 17.0 Å². The summed E-state index contributed by atoms with van der Waals surface area (Å²) in [5.41, 5.74) is 0.239. The number of hydrogen-bond acceptors (Lipinski definition) is 5. The molecule has 1 aromatic heterocycles. The SMILES string of the molecule is CCSC1CCCC1Nc1cnn(CCO)c(=O)c1Cl. The molecule has 2 rings (SSSR count). The molecule has 0 amide bonds. The van der Waals surface area contributed by atoms with Gasteiger partial charge in [0.05, 0.1) is 25.0 Å². The molecule has 2 N–H and O–H groups in total. The first-order valence-electron chi connectivity index (χ1n) is 6.92. The molecule has 0 saturated heterocycles. The Morgan fingerprint density at radius 2 is 2.40 bits per heavy atom. The molecule has 0 bridgehead atoms. The number of thioether (sulfide) groups is 1. The standard InChI is InChI=1S/C13H20ClN3O2S/c1-2-20-11-5-3-4-9(11)16-10-8-15-17(6-7-18)13(19)12(10)14/h8-9,11,16,18H,2-7H2,1H3. The third-order valence-electron chi connectivity index (χ3n) is 3.47. The van der Waals surface area contributed by atoms with Crippen molar-refractivity contribution in [3.8, 4) is 0 Å². The zero-order chi connectivity index (χ0) is 14.5. The van der Waals surface area contributed by atoms with Gasteiger partial charge in [-0.2, -0.15) is 16.9 Å². The van der Waals surface area contributed by atoms with E-state index >= 15 is 0 Å². The molecule has 1 aliphatic carbocycles. The molecule has 0 aromatic carbocycles. The van der Waals surface area contributed by atoms with E-state index in [1.54, 1.807) is 6.20 Å². The van der Waals surface area contributed by atoms with Crippen LogP contribution in [0.5, 0.6) is 0 Å². The van der Waals surface area contributed by atoms with Crippen molar-refractivity contribution in [3.63, 3.8) is 0 Å². The molecule has 1 aliphatic rings. The number of nitrogens with zero attached hydrogens (tertiary/aromatic N) is 2. The van der Waals surface area contributed by atoms with E-state index in [-0.39, 0.29) is 23.7 Å². The molecule has 5 nitrogen and oxygen atoms in total. The van der Waals surface area contributed by atoms with Gasteiger partial charge in [0.15, 0.2) is 0 Å². The number of anilines is 1. The second-order valence-corrected chi connectivity index (χ2v) is 6.69. The Kier molecular flexibility index (Phi) is 5.74. The van der Waals surface area contributed by atoms with Gasteiger partial charge in [0.25, 0.3) is 5.56 Å². The summed E-state index contributed by atoms with van der Waals surface area (Å²) in [6.45, 7) is 2.19. The van der Waals surface area contributed by atoms with Crippen molar-refractivity contribution in [1.29, 1.82) is 0 Å². The Hall–Kier alpha value is -0.720. The predicted molar refractivity (Wildman–Crippen MR) is 83.8 cm³/mol. The van der Waals surface area contributed by atoms with Gasteiger partial charge in [0.1, 0.15) is 5.02 Å². The van der Waals surface area contributed by atoms with Crippen molar-refractivity contribution in [1.82, 2.24) is 9.78 Å². The maximum atomic E-state index is 12.0. The van der Waals surface area contributed by atoms with Gasteiger partial charge in [-0.15, -0.1) is 0 Å². The minimum absolute atomic E-state index is 0.131. The molecule has 7 heteroatoms. The lowest BCUT2D eigenvalue weighted by Crippen LogP contribution is -2.30. The highest BCUT2D eigenvalue weighted by atomic mass is 35.5. The molecule has 1 aromatic rings. The number of rotatable bonds is 6. The third kappa shape index (κ3) is 3.48. The van der Waals surface area contributed by atoms with Crippen LogP contribution in [0.25, 0.3) is 0 Å². The minimum atomic E-state index is -0.358. The van der Waals surface area contributed by atoms with Gasteiger partial charge >= 0.3 is 0 Å². The van der Waals surface area contributed by atoms with Gasteiger partial charge in [-0.25, -0.2) is 4.68 Å². The summed E-state index contributed by atoms with van der Waals surface area (Å²) in [5.74, 6) is 1.09. The summed E-state index contributed by atoms with van der Waals surface area (Å²) < 4.78 is 1.18. The van der Waals surface area contributed by atoms with Gasteiger partial charge in [0.2, 0.25) is 0 Å². The molecule has 2 unspecified atom stereocenters. The molecule has 112 valence electrons. The summed E-state index contributed by atoms with van der Waals surface area (Å²) in [7, 11) is 0. The van der Waals surface area contributed by atoms with Crippen molar-refractivity contribution >= 4 is 29.1 Å². The lowest BCUT2D eigenvalue weighted by atomic mass is 10.2. The van der Waals surface area contributed by atoms with Crippen molar-refractivity contribution in [3.05, 3.63) is 21.6 Å². The van der Waals surface area contributed by atoms with E-state index in [2.05, 4.69) is 17.3 Å². The zero-order valence-corrected chi connectivity index (χ0v) is 13.1. The predicted octanol–water partition coefficient (Wildman–Crippen LogP) is 1.98. The Balaban J connectivity index is 2.13. The number of nitrogens with one attached hydrogen (secondary N) is 1. The maximum absolute atomic E-state index is 12.0. The molecule has 0 aliphatic heterocycles. The number of halogens is 1. The van der Waals surface area contributed by atoms with E-state index in [9.17, 15) is 4.79 Å². The van der Waals surface area contributed by atoms with Crippen molar-refractivity contribution in [2.24, 2.45) is 0 Å². The highest BCUT2D eigenvalue weighted by molar-refractivity contribution is 7.99. The number of aliphatic hydroxyl groups excluding tert-OH is 1. The quantitative estimate of drug-likeness (QED) is 0.839. The molecular formula is C13H20ClN3O2S. The summed E-state index contributed by atoms with van der Waals surface area (Å²) in [6, 6.07) is 0.340. The normalized spacial score (nSPS) is 22.1. The Morgan fingerprint density at radius 3 is 3.10 bits per heavy atom. The number of hydrogen-bond donors (Lipinski definition) is 2. The van der Waals surface area contributed by atoms with E-state index < -0.39 is 0 Å². The second kappa shape index (κ2) is 7.33. The van der Waals surface area contributed by atoms with Crippen LogP contribution in [-0.2, 0) is 6.54 Å². The Labute approximate surface area is 127 Å². The fourth-order valence-corrected chi connectivity index (χ4v) is 3.92. The summed E-state index contributed by atoms with van der Waals surface area (Å²) in [5, 5.41) is 17.0. The largest absolute Gasteiger partial charge is 0.394 e. The molecule has 1 fully saturated rings. The fraction of sp³-hybridized carbons (Fsp3) is 0.692. The Morgan fingerprint density at radius 1 is 1.60 bits per heavy atom. The smallest absolute Gasteiger partial charge is 0.287 e. The molecule has 1 heterocycles. The van der Waals surface area contributed by atoms with E-state index in [1.165, 1.54) is 17.5 Å². The molecule has 0 radical (unpaired) electrons.